The molecule has 0 saturated carbocycles. The van der Waals surface area contributed by atoms with Crippen molar-refractivity contribution in [3.8, 4) is 0 Å². The molecule has 1 saturated heterocycles. The zero-order valence-corrected chi connectivity index (χ0v) is 4.83. The van der Waals surface area contributed by atoms with Crippen molar-refractivity contribution in [1.29, 1.82) is 0 Å². The fourth-order valence-electron chi connectivity index (χ4n) is 0.439. The zero-order chi connectivity index (χ0) is 5.28. The minimum Gasteiger partial charge on any atom is -0.451 e. The van der Waals surface area contributed by atoms with Gasteiger partial charge in [-0.15, -0.1) is 11.8 Å². The van der Waals surface area contributed by atoms with E-state index in [0.717, 1.165) is 0 Å². The molecule has 0 spiro atoms. The van der Waals surface area contributed by atoms with Crippen molar-refractivity contribution in [2.45, 2.75) is 12.4 Å². The molecular formula is C4H6O2S. The molecule has 1 heterocycles. The molecule has 1 unspecified atom stereocenters. The van der Waals surface area contributed by atoms with Gasteiger partial charge in [0.2, 0.25) is 0 Å². The third-order valence-corrected chi connectivity index (χ3v) is 1.70. The second-order valence-corrected chi connectivity index (χ2v) is 2.65. The standard InChI is InChI=1S/C4H6O2S/c1-3-6-4(5)2-7-3/h3H,2H2,1H3. The molecule has 1 atom stereocenters. The van der Waals surface area contributed by atoms with Crippen LogP contribution in [0.2, 0.25) is 0 Å². The number of ether oxygens (including phenoxy) is 1. The molecule has 0 radical (unpaired) electrons. The summed E-state index contributed by atoms with van der Waals surface area (Å²) < 4.78 is 4.69. The lowest BCUT2D eigenvalue weighted by atomic mass is 10.8. The van der Waals surface area contributed by atoms with Crippen molar-refractivity contribution in [3.63, 3.8) is 0 Å². The van der Waals surface area contributed by atoms with Gasteiger partial charge >= 0.3 is 5.97 Å². The minimum atomic E-state index is -0.0856. The van der Waals surface area contributed by atoms with Gasteiger partial charge < -0.3 is 4.74 Å². The first kappa shape index (κ1) is 4.97. The van der Waals surface area contributed by atoms with Crippen LogP contribution in [0.1, 0.15) is 6.92 Å². The number of hydrogen-bond donors (Lipinski definition) is 0. The maximum absolute atomic E-state index is 10.2. The van der Waals surface area contributed by atoms with Crippen molar-refractivity contribution in [1.82, 2.24) is 0 Å². The third-order valence-electron chi connectivity index (χ3n) is 0.733. The van der Waals surface area contributed by atoms with Gasteiger partial charge in [0.05, 0.1) is 5.75 Å². The number of carbonyl (C=O) groups is 1. The van der Waals surface area contributed by atoms with Crippen molar-refractivity contribution in [2.75, 3.05) is 5.75 Å². The topological polar surface area (TPSA) is 26.3 Å². The lowest BCUT2D eigenvalue weighted by Gasteiger charge is -1.94. The number of rotatable bonds is 0. The smallest absolute Gasteiger partial charge is 0.317 e. The summed E-state index contributed by atoms with van der Waals surface area (Å²) in [5.74, 6) is 0.443. The van der Waals surface area contributed by atoms with E-state index in [2.05, 4.69) is 4.74 Å². The highest BCUT2D eigenvalue weighted by Gasteiger charge is 2.18. The van der Waals surface area contributed by atoms with E-state index >= 15 is 0 Å². The van der Waals surface area contributed by atoms with Crippen LogP contribution < -0.4 is 0 Å². The van der Waals surface area contributed by atoms with Crippen LogP contribution in [0.25, 0.3) is 0 Å². The van der Waals surface area contributed by atoms with E-state index in [1.807, 2.05) is 6.92 Å². The molecule has 0 aliphatic carbocycles. The van der Waals surface area contributed by atoms with E-state index in [0.29, 0.717) is 5.75 Å². The van der Waals surface area contributed by atoms with Crippen LogP contribution in [-0.2, 0) is 9.53 Å². The van der Waals surface area contributed by atoms with E-state index in [1.54, 1.807) is 0 Å². The first-order valence-electron chi connectivity index (χ1n) is 2.10. The van der Waals surface area contributed by atoms with Gasteiger partial charge in [0, 0.05) is 0 Å². The average Bonchev–Trinajstić information content (AvgIpc) is 1.87. The molecule has 1 rings (SSSR count). The highest BCUT2D eigenvalue weighted by molar-refractivity contribution is 8.00. The van der Waals surface area contributed by atoms with E-state index < -0.39 is 0 Å². The number of carbonyl (C=O) groups excluding carboxylic acids is 1. The average molecular weight is 118 g/mol. The first-order valence-corrected chi connectivity index (χ1v) is 3.15. The largest absolute Gasteiger partial charge is 0.451 e. The predicted octanol–water partition coefficient (Wildman–Crippen LogP) is 0.622. The molecule has 0 amide bonds. The Hall–Kier alpha value is -0.180. The molecule has 1 fully saturated rings. The highest BCUT2D eigenvalue weighted by atomic mass is 32.2. The number of hydrogen-bond acceptors (Lipinski definition) is 3. The van der Waals surface area contributed by atoms with Crippen LogP contribution in [0.3, 0.4) is 0 Å². The Kier molecular flexibility index (Phi) is 1.23. The van der Waals surface area contributed by atoms with Gasteiger partial charge in [-0.05, 0) is 6.92 Å². The van der Waals surface area contributed by atoms with Gasteiger partial charge in [-0.1, -0.05) is 0 Å². The Morgan fingerprint density at radius 2 is 2.71 bits per heavy atom. The summed E-state index contributed by atoms with van der Waals surface area (Å²) in [4.78, 5) is 10.2. The summed E-state index contributed by atoms with van der Waals surface area (Å²) in [6.07, 6.45) is 0. The minimum absolute atomic E-state index is 0.0856. The quantitative estimate of drug-likeness (QED) is 0.436. The number of esters is 1. The summed E-state index contributed by atoms with van der Waals surface area (Å²) in [5, 5.41) is 0. The highest BCUT2D eigenvalue weighted by Crippen LogP contribution is 2.18. The SMILES string of the molecule is CC1OC(=O)CS1. The van der Waals surface area contributed by atoms with Crippen molar-refractivity contribution >= 4 is 17.7 Å². The maximum atomic E-state index is 10.2. The van der Waals surface area contributed by atoms with Gasteiger partial charge in [0.1, 0.15) is 5.44 Å². The number of cyclic esters (lactones) is 1. The molecule has 0 aromatic rings. The monoisotopic (exact) mass is 118 g/mol. The van der Waals surface area contributed by atoms with Crippen LogP contribution in [-0.4, -0.2) is 17.2 Å². The van der Waals surface area contributed by atoms with Crippen molar-refractivity contribution in [3.05, 3.63) is 0 Å². The summed E-state index contributed by atoms with van der Waals surface area (Å²) in [6, 6.07) is 0. The van der Waals surface area contributed by atoms with Crippen LogP contribution in [0.15, 0.2) is 0 Å². The van der Waals surface area contributed by atoms with Gasteiger partial charge in [-0.2, -0.15) is 0 Å². The molecule has 7 heavy (non-hydrogen) atoms. The summed E-state index contributed by atoms with van der Waals surface area (Å²) >= 11 is 1.53. The van der Waals surface area contributed by atoms with Crippen LogP contribution in [0.4, 0.5) is 0 Å². The Labute approximate surface area is 46.2 Å². The van der Waals surface area contributed by atoms with Crippen LogP contribution >= 0.6 is 11.8 Å². The molecule has 1 aliphatic heterocycles. The zero-order valence-electron chi connectivity index (χ0n) is 4.01. The van der Waals surface area contributed by atoms with Gasteiger partial charge in [0.15, 0.2) is 0 Å². The fourth-order valence-corrected chi connectivity index (χ4v) is 1.05. The normalized spacial score (nSPS) is 30.4. The Balaban J connectivity index is 2.40. The number of thioether (sulfide) groups is 1. The molecule has 1 aliphatic rings. The van der Waals surface area contributed by atoms with Gasteiger partial charge in [-0.3, -0.25) is 4.79 Å². The molecule has 40 valence electrons. The second kappa shape index (κ2) is 1.74. The maximum Gasteiger partial charge on any atom is 0.317 e. The molecule has 0 aromatic carbocycles. The van der Waals surface area contributed by atoms with Crippen LogP contribution in [0, 0.1) is 0 Å². The third kappa shape index (κ3) is 1.09. The summed E-state index contributed by atoms with van der Waals surface area (Å²) in [7, 11) is 0. The van der Waals surface area contributed by atoms with Gasteiger partial charge in [0.25, 0.3) is 0 Å². The Morgan fingerprint density at radius 3 is 2.86 bits per heavy atom. The van der Waals surface area contributed by atoms with Crippen molar-refractivity contribution < 1.29 is 9.53 Å². The lowest BCUT2D eigenvalue weighted by molar-refractivity contribution is -0.139. The molecule has 0 bridgehead atoms. The van der Waals surface area contributed by atoms with E-state index in [4.69, 9.17) is 0 Å². The van der Waals surface area contributed by atoms with Gasteiger partial charge in [-0.25, -0.2) is 0 Å². The van der Waals surface area contributed by atoms with Crippen LogP contribution in [0.5, 0.6) is 0 Å². The Bertz CT molecular complexity index is 91.7. The molecule has 2 nitrogen and oxygen atoms in total. The second-order valence-electron chi connectivity index (χ2n) is 1.37. The molecular weight excluding hydrogens is 112 g/mol. The van der Waals surface area contributed by atoms with Crippen molar-refractivity contribution in [2.24, 2.45) is 0 Å². The molecule has 0 N–H and O–H groups in total. The lowest BCUT2D eigenvalue weighted by Crippen LogP contribution is -1.99. The molecule has 0 aromatic heterocycles. The molecule has 3 heteroatoms. The summed E-state index contributed by atoms with van der Waals surface area (Å²) in [5.41, 5.74) is 0.0903. The summed E-state index contributed by atoms with van der Waals surface area (Å²) in [6.45, 7) is 1.87. The van der Waals surface area contributed by atoms with E-state index in [1.165, 1.54) is 11.8 Å². The predicted molar refractivity (Wildman–Crippen MR) is 28.0 cm³/mol. The Morgan fingerprint density at radius 1 is 2.00 bits per heavy atom. The van der Waals surface area contributed by atoms with E-state index in [9.17, 15) is 4.79 Å². The fraction of sp³-hybridized carbons (Fsp3) is 0.750. The van der Waals surface area contributed by atoms with E-state index in [-0.39, 0.29) is 11.4 Å². The first-order chi connectivity index (χ1) is 3.29.